The number of carbonyl (C=O) groups is 1. The van der Waals surface area contributed by atoms with Crippen molar-refractivity contribution in [1.29, 1.82) is 0 Å². The predicted molar refractivity (Wildman–Crippen MR) is 144 cm³/mol. The number of nitrogens with one attached hydrogen (secondary N) is 2. The molecule has 1 aliphatic heterocycles. The first-order valence-corrected chi connectivity index (χ1v) is 13.4. The second-order valence-electron chi connectivity index (χ2n) is 11.8. The number of hydrogen-bond acceptors (Lipinski definition) is 10. The van der Waals surface area contributed by atoms with E-state index in [0.717, 1.165) is 0 Å². The number of alkyl carbamates (subject to hydrolysis) is 1. The van der Waals surface area contributed by atoms with Gasteiger partial charge in [-0.3, -0.25) is 0 Å². The minimum Gasteiger partial charge on any atom is -0.444 e. The van der Waals surface area contributed by atoms with Crippen LogP contribution in [0.1, 0.15) is 61.3 Å². The van der Waals surface area contributed by atoms with Gasteiger partial charge in [0.2, 0.25) is 0 Å². The van der Waals surface area contributed by atoms with E-state index in [0.29, 0.717) is 45.8 Å². The highest BCUT2D eigenvalue weighted by molar-refractivity contribution is 5.67. The normalized spacial score (nSPS) is 24.9. The Morgan fingerprint density at radius 2 is 1.39 bits per heavy atom. The molecule has 0 saturated carbocycles. The Kier molecular flexibility index (Phi) is 15.0. The molecule has 0 aromatic carbocycles. The lowest BCUT2D eigenvalue weighted by Crippen LogP contribution is -2.65. The molecule has 226 valence electrons. The average Bonchev–Trinajstić information content (AvgIpc) is 2.80. The Hall–Kier alpha value is -1.05. The topological polar surface area (TPSA) is 115 Å². The summed E-state index contributed by atoms with van der Waals surface area (Å²) in [4.78, 5) is 11.8. The quantitative estimate of drug-likeness (QED) is 0.262. The Morgan fingerprint density at radius 3 is 1.95 bits per heavy atom. The molecule has 0 aromatic rings. The van der Waals surface area contributed by atoms with Crippen molar-refractivity contribution in [3.63, 3.8) is 0 Å². The van der Waals surface area contributed by atoms with Gasteiger partial charge in [-0.2, -0.15) is 0 Å². The highest BCUT2D eigenvalue weighted by atomic mass is 16.7. The van der Waals surface area contributed by atoms with E-state index >= 15 is 0 Å². The van der Waals surface area contributed by atoms with Crippen molar-refractivity contribution in [1.82, 2.24) is 10.6 Å². The van der Waals surface area contributed by atoms with Crippen LogP contribution in [0, 0.1) is 0 Å². The maximum Gasteiger partial charge on any atom is 0.407 e. The fourth-order valence-corrected chi connectivity index (χ4v) is 4.23. The van der Waals surface area contributed by atoms with E-state index in [1.165, 1.54) is 0 Å². The monoisotopic (exact) mass is 550 g/mol. The summed E-state index contributed by atoms with van der Waals surface area (Å²) in [5.41, 5.74) is -1.29. The molecular formula is C27H54N2O9. The summed E-state index contributed by atoms with van der Waals surface area (Å²) >= 11 is 0. The Labute approximate surface area is 229 Å². The molecule has 0 bridgehead atoms. The van der Waals surface area contributed by atoms with E-state index in [-0.39, 0.29) is 30.0 Å². The smallest absolute Gasteiger partial charge is 0.407 e. The van der Waals surface area contributed by atoms with Gasteiger partial charge in [0.25, 0.3) is 0 Å². The van der Waals surface area contributed by atoms with Crippen molar-refractivity contribution in [3.8, 4) is 0 Å². The van der Waals surface area contributed by atoms with Gasteiger partial charge in [-0.25, -0.2) is 4.79 Å². The second-order valence-corrected chi connectivity index (χ2v) is 11.8. The van der Waals surface area contributed by atoms with E-state index in [2.05, 4.69) is 10.6 Å². The molecule has 1 saturated heterocycles. The Balaban J connectivity index is 2.43. The molecule has 1 fully saturated rings. The second kappa shape index (κ2) is 16.3. The van der Waals surface area contributed by atoms with Crippen LogP contribution >= 0.6 is 0 Å². The SMILES string of the molecule is COC[C@H]1OC(OC)[C@H](NCCOC(C)(C)CCOC(C)(C)CCNC(=O)OC(C)(C)C)[C@@H](OC)[C@@H]1OC. The van der Waals surface area contributed by atoms with Gasteiger partial charge in [0, 0.05) is 41.5 Å². The summed E-state index contributed by atoms with van der Waals surface area (Å²) in [5, 5.41) is 6.23. The summed E-state index contributed by atoms with van der Waals surface area (Å²) in [6.45, 7) is 16.1. The van der Waals surface area contributed by atoms with Crippen LogP contribution in [-0.4, -0.2) is 115 Å². The van der Waals surface area contributed by atoms with E-state index in [9.17, 15) is 4.79 Å². The van der Waals surface area contributed by atoms with E-state index in [4.69, 9.17) is 37.9 Å². The standard InChI is InChI=1S/C27H54N2O9/c1-25(2,3)38-24(30)29-14-12-26(4,5)35-16-13-27(6,7)36-17-15-28-20-22(33-10)21(32-9)19(18-31-8)37-23(20)34-11/h19-23,28H,12-18H2,1-11H3,(H,29,30)/t19-,20-,21-,22-,23?/m1/s1. The molecule has 5 atom stereocenters. The number of ether oxygens (including phenoxy) is 8. The van der Waals surface area contributed by atoms with Gasteiger partial charge >= 0.3 is 6.09 Å². The first kappa shape index (κ1) is 35.0. The Bertz CT molecular complexity index is 669. The van der Waals surface area contributed by atoms with Crippen molar-refractivity contribution >= 4 is 6.09 Å². The highest BCUT2D eigenvalue weighted by Crippen LogP contribution is 2.26. The van der Waals surface area contributed by atoms with Gasteiger partial charge in [0.15, 0.2) is 6.29 Å². The zero-order chi connectivity index (χ0) is 29.0. The largest absolute Gasteiger partial charge is 0.444 e. The summed E-state index contributed by atoms with van der Waals surface area (Å²) < 4.78 is 45.9. The third-order valence-corrected chi connectivity index (χ3v) is 6.32. The minimum absolute atomic E-state index is 0.242. The van der Waals surface area contributed by atoms with Crippen LogP contribution in [0.15, 0.2) is 0 Å². The van der Waals surface area contributed by atoms with E-state index in [1.54, 1.807) is 28.4 Å². The van der Waals surface area contributed by atoms with Gasteiger partial charge in [-0.15, -0.1) is 0 Å². The van der Waals surface area contributed by atoms with Crippen LogP contribution in [0.5, 0.6) is 0 Å². The molecule has 11 heteroatoms. The summed E-state index contributed by atoms with van der Waals surface area (Å²) in [5.74, 6) is 0. The zero-order valence-corrected chi connectivity index (χ0v) is 25.5. The fraction of sp³-hybridized carbons (Fsp3) is 0.963. The number of rotatable bonds is 17. The first-order valence-electron chi connectivity index (χ1n) is 13.4. The molecule has 1 amide bonds. The lowest BCUT2D eigenvalue weighted by Gasteiger charge is -2.45. The van der Waals surface area contributed by atoms with E-state index < -0.39 is 23.6 Å². The molecular weight excluding hydrogens is 496 g/mol. The summed E-state index contributed by atoms with van der Waals surface area (Å²) in [6.07, 6.45) is -0.444. The zero-order valence-electron chi connectivity index (χ0n) is 25.5. The van der Waals surface area contributed by atoms with Crippen LogP contribution in [0.3, 0.4) is 0 Å². The van der Waals surface area contributed by atoms with Gasteiger partial charge in [-0.05, 0) is 61.3 Å². The van der Waals surface area contributed by atoms with Gasteiger partial charge < -0.3 is 48.5 Å². The number of carbonyl (C=O) groups excluding carboxylic acids is 1. The number of amides is 1. The maximum atomic E-state index is 11.8. The average molecular weight is 551 g/mol. The molecule has 11 nitrogen and oxygen atoms in total. The predicted octanol–water partition coefficient (Wildman–Crippen LogP) is 2.89. The van der Waals surface area contributed by atoms with Crippen molar-refractivity contribution in [2.75, 3.05) is 61.3 Å². The maximum absolute atomic E-state index is 11.8. The molecule has 0 radical (unpaired) electrons. The van der Waals surface area contributed by atoms with Crippen LogP contribution in [-0.2, 0) is 37.9 Å². The van der Waals surface area contributed by atoms with Crippen LogP contribution in [0.2, 0.25) is 0 Å². The van der Waals surface area contributed by atoms with Crippen molar-refractivity contribution in [3.05, 3.63) is 0 Å². The molecule has 1 heterocycles. The third-order valence-electron chi connectivity index (χ3n) is 6.32. The van der Waals surface area contributed by atoms with Gasteiger partial charge in [0.05, 0.1) is 37.1 Å². The summed E-state index contributed by atoms with van der Waals surface area (Å²) in [6, 6.07) is -0.242. The fourth-order valence-electron chi connectivity index (χ4n) is 4.23. The molecule has 0 aromatic heterocycles. The molecule has 0 aliphatic carbocycles. The molecule has 38 heavy (non-hydrogen) atoms. The van der Waals surface area contributed by atoms with E-state index in [1.807, 2.05) is 48.5 Å². The minimum atomic E-state index is -0.516. The number of methoxy groups -OCH3 is 4. The summed E-state index contributed by atoms with van der Waals surface area (Å²) in [7, 11) is 6.53. The molecule has 1 rings (SSSR count). The van der Waals surface area contributed by atoms with Gasteiger partial charge in [-0.1, -0.05) is 0 Å². The Morgan fingerprint density at radius 1 is 0.789 bits per heavy atom. The van der Waals surface area contributed by atoms with Crippen molar-refractivity contribution in [2.45, 2.75) is 109 Å². The van der Waals surface area contributed by atoms with Gasteiger partial charge in [0.1, 0.15) is 23.9 Å². The van der Waals surface area contributed by atoms with Crippen LogP contribution in [0.25, 0.3) is 0 Å². The third kappa shape index (κ3) is 12.9. The number of hydrogen-bond donors (Lipinski definition) is 2. The molecule has 1 unspecified atom stereocenters. The van der Waals surface area contributed by atoms with Crippen molar-refractivity contribution < 1.29 is 42.7 Å². The van der Waals surface area contributed by atoms with Crippen molar-refractivity contribution in [2.24, 2.45) is 0 Å². The molecule has 1 aliphatic rings. The molecule has 0 spiro atoms. The molecule has 2 N–H and O–H groups in total. The lowest BCUT2D eigenvalue weighted by molar-refractivity contribution is -0.273. The first-order chi connectivity index (χ1) is 17.7. The van der Waals surface area contributed by atoms with Crippen LogP contribution < -0.4 is 10.6 Å². The lowest BCUT2D eigenvalue weighted by atomic mass is 9.96. The van der Waals surface area contributed by atoms with Crippen LogP contribution in [0.4, 0.5) is 4.79 Å². The highest BCUT2D eigenvalue weighted by Gasteiger charge is 2.46.